The summed E-state index contributed by atoms with van der Waals surface area (Å²) >= 11 is 0. The van der Waals surface area contributed by atoms with Gasteiger partial charge in [0.05, 0.1) is 6.54 Å². The van der Waals surface area contributed by atoms with E-state index >= 15 is 0 Å². The van der Waals surface area contributed by atoms with Gasteiger partial charge in [0.2, 0.25) is 0 Å². The van der Waals surface area contributed by atoms with Crippen LogP contribution >= 0.6 is 0 Å². The molecule has 0 spiro atoms. The summed E-state index contributed by atoms with van der Waals surface area (Å²) in [6, 6.07) is 0. The predicted molar refractivity (Wildman–Crippen MR) is 63.0 cm³/mol. The molecule has 94 valence electrons. The van der Waals surface area contributed by atoms with Gasteiger partial charge in [-0.2, -0.15) is 0 Å². The minimum Gasteiger partial charge on any atom is -0.479 e. The van der Waals surface area contributed by atoms with Gasteiger partial charge < -0.3 is 15.5 Å². The summed E-state index contributed by atoms with van der Waals surface area (Å²) in [7, 11) is 0. The van der Waals surface area contributed by atoms with Crippen molar-refractivity contribution in [1.29, 1.82) is 0 Å². The number of nitrogens with zero attached hydrogens (tertiary/aromatic N) is 2. The highest BCUT2D eigenvalue weighted by molar-refractivity contribution is 5.77. The highest BCUT2D eigenvalue weighted by Crippen LogP contribution is 2.15. The molecule has 17 heavy (non-hydrogen) atoms. The van der Waals surface area contributed by atoms with Gasteiger partial charge in [0, 0.05) is 11.3 Å². The highest BCUT2D eigenvalue weighted by atomic mass is 16.4. The third-order valence-corrected chi connectivity index (χ3v) is 2.56. The van der Waals surface area contributed by atoms with Crippen LogP contribution in [0.25, 0.3) is 0 Å². The third-order valence-electron chi connectivity index (χ3n) is 2.56. The van der Waals surface area contributed by atoms with Crippen molar-refractivity contribution in [3.8, 4) is 0 Å². The first-order valence-electron chi connectivity index (χ1n) is 5.25. The minimum absolute atomic E-state index is 0.112. The zero-order valence-corrected chi connectivity index (χ0v) is 10.4. The van der Waals surface area contributed by atoms with E-state index < -0.39 is 11.6 Å². The maximum atomic E-state index is 10.7. The molecule has 1 heterocycles. The lowest BCUT2D eigenvalue weighted by Crippen LogP contribution is -2.42. The van der Waals surface area contributed by atoms with Crippen LogP contribution in [0.3, 0.4) is 0 Å². The molecule has 0 aliphatic rings. The SMILES string of the molecule is Cc1nc(C)c(C)c(NCC(C)(O)C(=O)O)n1. The van der Waals surface area contributed by atoms with Crippen LogP contribution < -0.4 is 5.32 Å². The summed E-state index contributed by atoms with van der Waals surface area (Å²) in [5, 5.41) is 21.2. The smallest absolute Gasteiger partial charge is 0.337 e. The number of nitrogens with one attached hydrogen (secondary N) is 1. The van der Waals surface area contributed by atoms with E-state index in [1.165, 1.54) is 6.92 Å². The number of carboxylic acids is 1. The second-order valence-electron chi connectivity index (χ2n) is 4.26. The summed E-state index contributed by atoms with van der Waals surface area (Å²) in [6.07, 6.45) is 0. The van der Waals surface area contributed by atoms with Crippen molar-refractivity contribution in [2.24, 2.45) is 0 Å². The first-order chi connectivity index (χ1) is 7.74. The van der Waals surface area contributed by atoms with Crippen LogP contribution in [0.15, 0.2) is 0 Å². The molecule has 1 aromatic rings. The Morgan fingerprint density at radius 3 is 2.47 bits per heavy atom. The molecule has 0 aliphatic carbocycles. The molecule has 1 unspecified atom stereocenters. The summed E-state index contributed by atoms with van der Waals surface area (Å²) in [5.41, 5.74) is -0.147. The number of rotatable bonds is 4. The normalized spacial score (nSPS) is 14.2. The van der Waals surface area contributed by atoms with Crippen molar-refractivity contribution >= 4 is 11.8 Å². The average molecular weight is 239 g/mol. The predicted octanol–water partition coefficient (Wildman–Crippen LogP) is 0.649. The fourth-order valence-corrected chi connectivity index (χ4v) is 1.27. The lowest BCUT2D eigenvalue weighted by atomic mass is 10.1. The van der Waals surface area contributed by atoms with E-state index in [9.17, 15) is 9.90 Å². The zero-order chi connectivity index (χ0) is 13.2. The Labute approximate surface area is 99.7 Å². The molecule has 1 aromatic heterocycles. The fraction of sp³-hybridized carbons (Fsp3) is 0.545. The topological polar surface area (TPSA) is 95.3 Å². The Morgan fingerprint density at radius 1 is 1.35 bits per heavy atom. The monoisotopic (exact) mass is 239 g/mol. The quantitative estimate of drug-likeness (QED) is 0.714. The van der Waals surface area contributed by atoms with Crippen molar-refractivity contribution in [2.45, 2.75) is 33.3 Å². The largest absolute Gasteiger partial charge is 0.479 e. The number of hydrogen-bond acceptors (Lipinski definition) is 5. The van der Waals surface area contributed by atoms with E-state index in [2.05, 4.69) is 15.3 Å². The van der Waals surface area contributed by atoms with Crippen molar-refractivity contribution in [2.75, 3.05) is 11.9 Å². The maximum Gasteiger partial charge on any atom is 0.337 e. The number of aromatic nitrogens is 2. The molecule has 6 nitrogen and oxygen atoms in total. The molecule has 0 aliphatic heterocycles. The molecule has 1 rings (SSSR count). The third kappa shape index (κ3) is 3.13. The highest BCUT2D eigenvalue weighted by Gasteiger charge is 2.29. The number of aliphatic hydroxyl groups is 1. The van der Waals surface area contributed by atoms with Gasteiger partial charge in [0.1, 0.15) is 11.6 Å². The molecule has 0 fully saturated rings. The molecule has 0 aromatic carbocycles. The Balaban J connectivity index is 2.87. The first kappa shape index (κ1) is 13.4. The van der Waals surface area contributed by atoms with Crippen molar-refractivity contribution in [1.82, 2.24) is 9.97 Å². The van der Waals surface area contributed by atoms with E-state index in [0.717, 1.165) is 11.3 Å². The Hall–Kier alpha value is -1.69. The van der Waals surface area contributed by atoms with Crippen LogP contribution in [-0.2, 0) is 4.79 Å². The lowest BCUT2D eigenvalue weighted by molar-refractivity contribution is -0.155. The molecule has 3 N–H and O–H groups in total. The Morgan fingerprint density at radius 2 is 1.94 bits per heavy atom. The molecule has 0 amide bonds. The molecular formula is C11H17N3O3. The molecule has 6 heteroatoms. The number of aryl methyl sites for hydroxylation is 2. The molecule has 0 bridgehead atoms. The van der Waals surface area contributed by atoms with Gasteiger partial charge in [-0.1, -0.05) is 0 Å². The van der Waals surface area contributed by atoms with Gasteiger partial charge in [-0.05, 0) is 27.7 Å². The van der Waals surface area contributed by atoms with E-state index in [0.29, 0.717) is 11.6 Å². The van der Waals surface area contributed by atoms with Crippen LogP contribution in [0, 0.1) is 20.8 Å². The summed E-state index contributed by atoms with van der Waals surface area (Å²) in [5.74, 6) is -0.118. The molecular weight excluding hydrogens is 222 g/mol. The van der Waals surface area contributed by atoms with Crippen LogP contribution in [0.4, 0.5) is 5.82 Å². The number of carboxylic acid groups (broad SMARTS) is 1. The number of hydrogen-bond donors (Lipinski definition) is 3. The summed E-state index contributed by atoms with van der Waals surface area (Å²) in [4.78, 5) is 19.1. The van der Waals surface area contributed by atoms with Gasteiger partial charge >= 0.3 is 5.97 Å². The van der Waals surface area contributed by atoms with Crippen LogP contribution in [0.1, 0.15) is 24.0 Å². The number of aliphatic carboxylic acids is 1. The fourth-order valence-electron chi connectivity index (χ4n) is 1.27. The average Bonchev–Trinajstić information content (AvgIpc) is 2.21. The Kier molecular flexibility index (Phi) is 3.67. The zero-order valence-electron chi connectivity index (χ0n) is 10.4. The lowest BCUT2D eigenvalue weighted by Gasteiger charge is -2.19. The minimum atomic E-state index is -1.82. The van der Waals surface area contributed by atoms with E-state index in [-0.39, 0.29) is 6.54 Å². The van der Waals surface area contributed by atoms with Crippen LogP contribution in [0.2, 0.25) is 0 Å². The van der Waals surface area contributed by atoms with Gasteiger partial charge in [-0.25, -0.2) is 14.8 Å². The van der Waals surface area contributed by atoms with Crippen molar-refractivity contribution in [3.05, 3.63) is 17.1 Å². The number of anilines is 1. The van der Waals surface area contributed by atoms with Crippen molar-refractivity contribution < 1.29 is 15.0 Å². The van der Waals surface area contributed by atoms with Gasteiger partial charge in [0.15, 0.2) is 5.60 Å². The van der Waals surface area contributed by atoms with Crippen LogP contribution in [0.5, 0.6) is 0 Å². The van der Waals surface area contributed by atoms with Crippen LogP contribution in [-0.4, -0.2) is 38.3 Å². The standard InChI is InChI=1S/C11H17N3O3/c1-6-7(2)13-8(3)14-9(6)12-5-11(4,17)10(15)16/h17H,5H2,1-4H3,(H,15,16)(H,12,13,14). The molecule has 0 saturated carbocycles. The Bertz CT molecular complexity index is 444. The van der Waals surface area contributed by atoms with Gasteiger partial charge in [0.25, 0.3) is 0 Å². The second-order valence-corrected chi connectivity index (χ2v) is 4.26. The molecule has 0 radical (unpaired) electrons. The second kappa shape index (κ2) is 4.67. The summed E-state index contributed by atoms with van der Waals surface area (Å²) in [6.45, 7) is 6.57. The molecule has 0 saturated heterocycles. The van der Waals surface area contributed by atoms with E-state index in [1.54, 1.807) is 6.92 Å². The maximum absolute atomic E-state index is 10.7. The van der Waals surface area contributed by atoms with Gasteiger partial charge in [-0.3, -0.25) is 0 Å². The van der Waals surface area contributed by atoms with Crippen molar-refractivity contribution in [3.63, 3.8) is 0 Å². The van der Waals surface area contributed by atoms with Gasteiger partial charge in [-0.15, -0.1) is 0 Å². The first-order valence-corrected chi connectivity index (χ1v) is 5.25. The van der Waals surface area contributed by atoms with E-state index in [1.807, 2.05) is 13.8 Å². The van der Waals surface area contributed by atoms with E-state index in [4.69, 9.17) is 5.11 Å². The number of carbonyl (C=O) groups is 1. The summed E-state index contributed by atoms with van der Waals surface area (Å²) < 4.78 is 0. The molecule has 1 atom stereocenters.